The summed E-state index contributed by atoms with van der Waals surface area (Å²) in [4.78, 5) is 16.8. The summed E-state index contributed by atoms with van der Waals surface area (Å²) in [6, 6.07) is 14.1. The number of carbonyl (C=O) groups excluding carboxylic acids is 1. The van der Waals surface area contributed by atoms with Crippen molar-refractivity contribution in [3.8, 4) is 23.0 Å². The Labute approximate surface area is 167 Å². The highest BCUT2D eigenvalue weighted by Gasteiger charge is 2.14. The van der Waals surface area contributed by atoms with Gasteiger partial charge in [-0.15, -0.1) is 0 Å². The Balaban J connectivity index is 1.46. The maximum absolute atomic E-state index is 12.6. The van der Waals surface area contributed by atoms with Crippen LogP contribution in [0.2, 0.25) is 0 Å². The topological polar surface area (TPSA) is 90.9 Å². The number of ether oxygens (including phenoxy) is 4. The van der Waals surface area contributed by atoms with Gasteiger partial charge in [0.15, 0.2) is 11.5 Å². The number of methoxy groups -OCH3 is 2. The zero-order valence-electron chi connectivity index (χ0n) is 15.9. The van der Waals surface area contributed by atoms with Crippen molar-refractivity contribution in [1.82, 2.24) is 4.98 Å². The van der Waals surface area contributed by atoms with E-state index in [2.05, 4.69) is 15.6 Å². The average molecular weight is 393 g/mol. The summed E-state index contributed by atoms with van der Waals surface area (Å²) >= 11 is 0. The standard InChI is InChI=1S/C21H19N3O5/c1-26-15-5-8-18(27-2)17(10-15)24-21(25)16-6-3-14(11-22-16)23-13-4-7-19-20(9-13)29-12-28-19/h3-11,23H,12H2,1-2H3,(H,24,25). The average Bonchev–Trinajstić information content (AvgIpc) is 3.22. The van der Waals surface area contributed by atoms with Gasteiger partial charge in [0.25, 0.3) is 5.91 Å². The maximum Gasteiger partial charge on any atom is 0.274 e. The van der Waals surface area contributed by atoms with Crippen LogP contribution in [-0.2, 0) is 0 Å². The van der Waals surface area contributed by atoms with Crippen molar-refractivity contribution in [2.24, 2.45) is 0 Å². The summed E-state index contributed by atoms with van der Waals surface area (Å²) in [7, 11) is 3.09. The number of pyridine rings is 1. The molecule has 0 fully saturated rings. The molecular formula is C21H19N3O5. The summed E-state index contributed by atoms with van der Waals surface area (Å²) in [5.41, 5.74) is 2.33. The van der Waals surface area contributed by atoms with Crippen molar-refractivity contribution in [1.29, 1.82) is 0 Å². The first kappa shape index (κ1) is 18.4. The minimum absolute atomic E-state index is 0.224. The van der Waals surface area contributed by atoms with Gasteiger partial charge in [0.2, 0.25) is 6.79 Å². The number of aromatic nitrogens is 1. The lowest BCUT2D eigenvalue weighted by Gasteiger charge is -2.12. The molecule has 1 aromatic heterocycles. The number of hydrogen-bond acceptors (Lipinski definition) is 7. The van der Waals surface area contributed by atoms with E-state index in [1.807, 2.05) is 18.2 Å². The molecule has 2 N–H and O–H groups in total. The van der Waals surface area contributed by atoms with Gasteiger partial charge < -0.3 is 29.6 Å². The summed E-state index contributed by atoms with van der Waals surface area (Å²) in [6.07, 6.45) is 1.59. The molecule has 0 atom stereocenters. The summed E-state index contributed by atoms with van der Waals surface area (Å²) in [6.45, 7) is 0.224. The van der Waals surface area contributed by atoms with Gasteiger partial charge in [-0.3, -0.25) is 4.79 Å². The van der Waals surface area contributed by atoms with E-state index < -0.39 is 0 Å². The van der Waals surface area contributed by atoms with Gasteiger partial charge >= 0.3 is 0 Å². The normalized spacial score (nSPS) is 11.7. The molecular weight excluding hydrogens is 374 g/mol. The Kier molecular flexibility index (Phi) is 5.07. The quantitative estimate of drug-likeness (QED) is 0.658. The molecule has 0 radical (unpaired) electrons. The van der Waals surface area contributed by atoms with Gasteiger partial charge in [-0.1, -0.05) is 0 Å². The summed E-state index contributed by atoms with van der Waals surface area (Å²) < 4.78 is 21.1. The van der Waals surface area contributed by atoms with Crippen LogP contribution in [0.15, 0.2) is 54.7 Å². The fraction of sp³-hybridized carbons (Fsp3) is 0.143. The highest BCUT2D eigenvalue weighted by atomic mass is 16.7. The van der Waals surface area contributed by atoms with Crippen LogP contribution >= 0.6 is 0 Å². The van der Waals surface area contributed by atoms with Gasteiger partial charge in [-0.25, -0.2) is 4.98 Å². The van der Waals surface area contributed by atoms with Crippen LogP contribution in [0.1, 0.15) is 10.5 Å². The van der Waals surface area contributed by atoms with Crippen LogP contribution in [0.3, 0.4) is 0 Å². The van der Waals surface area contributed by atoms with Crippen molar-refractivity contribution >= 4 is 23.0 Å². The predicted molar refractivity (Wildman–Crippen MR) is 108 cm³/mol. The third-order valence-corrected chi connectivity index (χ3v) is 4.31. The number of hydrogen-bond donors (Lipinski definition) is 2. The zero-order chi connectivity index (χ0) is 20.2. The highest BCUT2D eigenvalue weighted by Crippen LogP contribution is 2.35. The number of carbonyl (C=O) groups is 1. The number of nitrogens with one attached hydrogen (secondary N) is 2. The molecule has 0 saturated heterocycles. The van der Waals surface area contributed by atoms with Crippen molar-refractivity contribution in [3.05, 3.63) is 60.4 Å². The summed E-state index contributed by atoms with van der Waals surface area (Å²) in [5, 5.41) is 6.01. The number of benzene rings is 2. The molecule has 0 unspecified atom stereocenters. The van der Waals surface area contributed by atoms with Crippen LogP contribution in [0.4, 0.5) is 17.1 Å². The van der Waals surface area contributed by atoms with Crippen LogP contribution < -0.4 is 29.6 Å². The molecule has 0 saturated carbocycles. The van der Waals surface area contributed by atoms with E-state index in [0.29, 0.717) is 28.7 Å². The van der Waals surface area contributed by atoms with E-state index in [-0.39, 0.29) is 18.4 Å². The fourth-order valence-corrected chi connectivity index (χ4v) is 2.84. The molecule has 0 aliphatic carbocycles. The predicted octanol–water partition coefficient (Wildman–Crippen LogP) is 3.82. The van der Waals surface area contributed by atoms with E-state index in [1.54, 1.807) is 43.6 Å². The molecule has 8 nitrogen and oxygen atoms in total. The van der Waals surface area contributed by atoms with Crippen molar-refractivity contribution in [2.75, 3.05) is 31.6 Å². The Morgan fingerprint density at radius 2 is 1.79 bits per heavy atom. The van der Waals surface area contributed by atoms with Gasteiger partial charge in [0.1, 0.15) is 17.2 Å². The second-order valence-corrected chi connectivity index (χ2v) is 6.15. The van der Waals surface area contributed by atoms with E-state index in [1.165, 1.54) is 7.11 Å². The minimum atomic E-state index is -0.355. The Morgan fingerprint density at radius 1 is 0.966 bits per heavy atom. The molecule has 1 amide bonds. The number of nitrogens with zero attached hydrogens (tertiary/aromatic N) is 1. The van der Waals surface area contributed by atoms with E-state index >= 15 is 0 Å². The second-order valence-electron chi connectivity index (χ2n) is 6.15. The molecule has 8 heteroatoms. The molecule has 148 valence electrons. The lowest BCUT2D eigenvalue weighted by atomic mass is 10.2. The molecule has 0 spiro atoms. The lowest BCUT2D eigenvalue weighted by molar-refractivity contribution is 0.102. The zero-order valence-corrected chi connectivity index (χ0v) is 15.9. The van der Waals surface area contributed by atoms with Crippen molar-refractivity contribution in [3.63, 3.8) is 0 Å². The Bertz CT molecular complexity index is 1040. The van der Waals surface area contributed by atoms with Crippen LogP contribution in [0, 0.1) is 0 Å². The first-order valence-corrected chi connectivity index (χ1v) is 8.82. The Morgan fingerprint density at radius 3 is 2.55 bits per heavy atom. The second kappa shape index (κ2) is 7.97. The van der Waals surface area contributed by atoms with Crippen molar-refractivity contribution < 1.29 is 23.7 Å². The molecule has 3 aromatic rings. The van der Waals surface area contributed by atoms with E-state index in [4.69, 9.17) is 18.9 Å². The number of fused-ring (bicyclic) bond motifs is 1. The van der Waals surface area contributed by atoms with Crippen molar-refractivity contribution in [2.45, 2.75) is 0 Å². The monoisotopic (exact) mass is 393 g/mol. The lowest BCUT2D eigenvalue weighted by Crippen LogP contribution is -2.14. The maximum atomic E-state index is 12.6. The highest BCUT2D eigenvalue weighted by molar-refractivity contribution is 6.04. The third kappa shape index (κ3) is 4.01. The minimum Gasteiger partial charge on any atom is -0.497 e. The third-order valence-electron chi connectivity index (χ3n) is 4.31. The van der Waals surface area contributed by atoms with Crippen LogP contribution in [0.25, 0.3) is 0 Å². The summed E-state index contributed by atoms with van der Waals surface area (Å²) in [5.74, 6) is 2.18. The Hall–Kier alpha value is -3.94. The molecule has 29 heavy (non-hydrogen) atoms. The van der Waals surface area contributed by atoms with Gasteiger partial charge in [0.05, 0.1) is 31.8 Å². The number of amides is 1. The smallest absolute Gasteiger partial charge is 0.274 e. The van der Waals surface area contributed by atoms with E-state index in [0.717, 1.165) is 11.4 Å². The van der Waals surface area contributed by atoms with E-state index in [9.17, 15) is 4.79 Å². The first-order chi connectivity index (χ1) is 14.2. The number of rotatable bonds is 6. The molecule has 1 aliphatic heterocycles. The van der Waals surface area contributed by atoms with Gasteiger partial charge in [-0.05, 0) is 36.4 Å². The molecule has 4 rings (SSSR count). The SMILES string of the molecule is COc1ccc(OC)c(NC(=O)c2ccc(Nc3ccc4c(c3)OCO4)cn2)c1. The first-order valence-electron chi connectivity index (χ1n) is 8.82. The van der Waals surface area contributed by atoms with Crippen LogP contribution in [-0.4, -0.2) is 31.9 Å². The molecule has 1 aliphatic rings. The van der Waals surface area contributed by atoms with Crippen LogP contribution in [0.5, 0.6) is 23.0 Å². The molecule has 0 bridgehead atoms. The largest absolute Gasteiger partial charge is 0.497 e. The number of anilines is 3. The molecule has 2 heterocycles. The van der Waals surface area contributed by atoms with Gasteiger partial charge in [-0.2, -0.15) is 0 Å². The van der Waals surface area contributed by atoms with Gasteiger partial charge in [0, 0.05) is 17.8 Å². The fourth-order valence-electron chi connectivity index (χ4n) is 2.84. The molecule has 2 aromatic carbocycles.